The second kappa shape index (κ2) is 4.66. The van der Waals surface area contributed by atoms with E-state index in [1.54, 1.807) is 0 Å². The first-order valence-electron chi connectivity index (χ1n) is 5.53. The lowest BCUT2D eigenvalue weighted by molar-refractivity contribution is 0.720. The number of aromatic amines is 1. The van der Waals surface area contributed by atoms with Gasteiger partial charge in [-0.3, -0.25) is 0 Å². The van der Waals surface area contributed by atoms with E-state index in [0.717, 1.165) is 23.3 Å². The van der Waals surface area contributed by atoms with Crippen molar-refractivity contribution in [3.8, 4) is 0 Å². The summed E-state index contributed by atoms with van der Waals surface area (Å²) >= 11 is 5.35. The molecule has 2 rings (SSSR count). The van der Waals surface area contributed by atoms with Crippen LogP contribution in [0.15, 0.2) is 30.4 Å². The minimum Gasteiger partial charge on any atom is -0.330 e. The molecule has 0 spiro atoms. The van der Waals surface area contributed by atoms with Crippen molar-refractivity contribution in [2.45, 2.75) is 26.8 Å². The number of hydrogen-bond donors (Lipinski definition) is 1. The molecule has 0 aliphatic heterocycles. The molecule has 0 aliphatic carbocycles. The van der Waals surface area contributed by atoms with Crippen molar-refractivity contribution in [1.29, 1.82) is 0 Å². The van der Waals surface area contributed by atoms with Crippen molar-refractivity contribution in [2.75, 3.05) is 0 Å². The molecule has 0 amide bonds. The van der Waals surface area contributed by atoms with Gasteiger partial charge >= 0.3 is 0 Å². The van der Waals surface area contributed by atoms with Crippen molar-refractivity contribution in [2.24, 2.45) is 0 Å². The maximum Gasteiger partial charge on any atom is 0.178 e. The Morgan fingerprint density at radius 2 is 2.25 bits per heavy atom. The minimum absolute atomic E-state index is 0.814. The smallest absolute Gasteiger partial charge is 0.178 e. The molecule has 84 valence electrons. The zero-order chi connectivity index (χ0) is 11.5. The van der Waals surface area contributed by atoms with Crippen LogP contribution in [0.1, 0.15) is 18.9 Å². The zero-order valence-corrected chi connectivity index (χ0v) is 10.5. The van der Waals surface area contributed by atoms with Gasteiger partial charge in [0.05, 0.1) is 11.0 Å². The molecule has 2 nitrogen and oxygen atoms in total. The Kier molecular flexibility index (Phi) is 3.25. The maximum absolute atomic E-state index is 5.35. The summed E-state index contributed by atoms with van der Waals surface area (Å²) in [5, 5.41) is 0. The average Bonchev–Trinajstić information content (AvgIpc) is 2.58. The number of nitrogens with zero attached hydrogens (tertiary/aromatic N) is 1. The summed E-state index contributed by atoms with van der Waals surface area (Å²) in [5.74, 6) is 0. The molecule has 0 fully saturated rings. The van der Waals surface area contributed by atoms with Crippen LogP contribution in [-0.2, 0) is 6.54 Å². The first kappa shape index (κ1) is 11.1. The summed E-state index contributed by atoms with van der Waals surface area (Å²) in [6.45, 7) is 5.08. The number of H-pyrrole nitrogens is 1. The number of allylic oxidation sites excluding steroid dienone is 2. The Morgan fingerprint density at radius 3 is 3.00 bits per heavy atom. The topological polar surface area (TPSA) is 20.7 Å². The van der Waals surface area contributed by atoms with Crippen molar-refractivity contribution < 1.29 is 0 Å². The Bertz CT molecular complexity index is 575. The summed E-state index contributed by atoms with van der Waals surface area (Å²) in [5.41, 5.74) is 3.61. The van der Waals surface area contributed by atoms with Gasteiger partial charge in [-0.25, -0.2) is 0 Å². The molecule has 0 saturated carbocycles. The van der Waals surface area contributed by atoms with Gasteiger partial charge in [-0.1, -0.05) is 24.3 Å². The van der Waals surface area contributed by atoms with Gasteiger partial charge in [0.25, 0.3) is 0 Å². The number of benzene rings is 1. The van der Waals surface area contributed by atoms with Crippen LogP contribution >= 0.6 is 12.2 Å². The quantitative estimate of drug-likeness (QED) is 0.627. The van der Waals surface area contributed by atoms with Crippen LogP contribution in [-0.4, -0.2) is 9.55 Å². The van der Waals surface area contributed by atoms with E-state index in [9.17, 15) is 0 Å². The highest BCUT2D eigenvalue weighted by Gasteiger charge is 2.04. The summed E-state index contributed by atoms with van der Waals surface area (Å²) in [4.78, 5) is 3.28. The Hall–Kier alpha value is -1.35. The fraction of sp³-hybridized carbons (Fsp3) is 0.308. The molecule has 0 radical (unpaired) electrons. The molecule has 1 heterocycles. The minimum atomic E-state index is 0.814. The number of rotatable bonds is 3. The Labute approximate surface area is 101 Å². The van der Waals surface area contributed by atoms with Crippen molar-refractivity contribution in [1.82, 2.24) is 9.55 Å². The fourth-order valence-electron chi connectivity index (χ4n) is 1.92. The molecule has 1 N–H and O–H groups in total. The van der Waals surface area contributed by atoms with Crippen molar-refractivity contribution >= 4 is 23.3 Å². The third-order valence-electron chi connectivity index (χ3n) is 2.77. The lowest BCUT2D eigenvalue weighted by Gasteiger charge is -2.02. The van der Waals surface area contributed by atoms with Gasteiger partial charge in [-0.15, -0.1) is 0 Å². The summed E-state index contributed by atoms with van der Waals surface area (Å²) in [6, 6.07) is 6.29. The highest BCUT2D eigenvalue weighted by Crippen LogP contribution is 2.18. The molecular weight excluding hydrogens is 216 g/mol. The monoisotopic (exact) mass is 232 g/mol. The van der Waals surface area contributed by atoms with Crippen LogP contribution in [0.25, 0.3) is 11.0 Å². The van der Waals surface area contributed by atoms with Crippen LogP contribution in [0.3, 0.4) is 0 Å². The molecule has 2 aromatic rings. The number of imidazole rings is 1. The third-order valence-corrected chi connectivity index (χ3v) is 3.10. The van der Waals surface area contributed by atoms with E-state index in [2.05, 4.69) is 46.8 Å². The maximum atomic E-state index is 5.35. The molecule has 0 aliphatic rings. The van der Waals surface area contributed by atoms with Gasteiger partial charge in [0.15, 0.2) is 4.77 Å². The zero-order valence-electron chi connectivity index (χ0n) is 9.66. The average molecular weight is 232 g/mol. The van der Waals surface area contributed by atoms with Crippen molar-refractivity contribution in [3.63, 3.8) is 0 Å². The summed E-state index contributed by atoms with van der Waals surface area (Å²) in [7, 11) is 0. The van der Waals surface area contributed by atoms with Gasteiger partial charge in [0.1, 0.15) is 0 Å². The lowest BCUT2D eigenvalue weighted by Crippen LogP contribution is -1.96. The standard InChI is InChI=1S/C13H16N2S/c1-3-4-5-9-15-11-8-6-7-10(2)12(11)14-13(15)16/h3-4,6-8H,5,9H2,1-2H3,(H,14,16)/b4-3+. The van der Waals surface area contributed by atoms with E-state index in [1.165, 1.54) is 11.1 Å². The molecule has 1 aromatic carbocycles. The summed E-state index contributed by atoms with van der Waals surface area (Å²) < 4.78 is 2.98. The van der Waals surface area contributed by atoms with E-state index in [-0.39, 0.29) is 0 Å². The van der Waals surface area contributed by atoms with E-state index in [1.807, 2.05) is 6.92 Å². The van der Waals surface area contributed by atoms with Crippen LogP contribution in [0.5, 0.6) is 0 Å². The molecule has 0 unspecified atom stereocenters. The Balaban J connectivity index is 2.48. The SMILES string of the molecule is C/C=C/CCn1c(=S)[nH]c2c(C)cccc21. The fourth-order valence-corrected chi connectivity index (χ4v) is 2.21. The molecule has 16 heavy (non-hydrogen) atoms. The first-order valence-corrected chi connectivity index (χ1v) is 5.94. The molecular formula is C13H16N2S. The van der Waals surface area contributed by atoms with Gasteiger partial charge in [0, 0.05) is 6.54 Å². The normalized spacial score (nSPS) is 11.6. The highest BCUT2D eigenvalue weighted by molar-refractivity contribution is 7.71. The van der Waals surface area contributed by atoms with E-state index in [0.29, 0.717) is 0 Å². The van der Waals surface area contributed by atoms with Crippen LogP contribution in [0.4, 0.5) is 0 Å². The van der Waals surface area contributed by atoms with Crippen LogP contribution in [0.2, 0.25) is 0 Å². The number of aromatic nitrogens is 2. The highest BCUT2D eigenvalue weighted by atomic mass is 32.1. The molecule has 3 heteroatoms. The summed E-state index contributed by atoms with van der Waals surface area (Å²) in [6.07, 6.45) is 5.26. The van der Waals surface area contributed by atoms with E-state index < -0.39 is 0 Å². The van der Waals surface area contributed by atoms with Crippen LogP contribution in [0, 0.1) is 11.7 Å². The predicted octanol–water partition coefficient (Wildman–Crippen LogP) is 3.97. The van der Waals surface area contributed by atoms with Gasteiger partial charge in [0.2, 0.25) is 0 Å². The van der Waals surface area contributed by atoms with E-state index >= 15 is 0 Å². The Morgan fingerprint density at radius 1 is 1.44 bits per heavy atom. The number of hydrogen-bond acceptors (Lipinski definition) is 1. The number of aryl methyl sites for hydroxylation is 2. The van der Waals surface area contributed by atoms with Crippen LogP contribution < -0.4 is 0 Å². The molecule has 0 bridgehead atoms. The predicted molar refractivity (Wildman–Crippen MR) is 71.3 cm³/mol. The lowest BCUT2D eigenvalue weighted by atomic mass is 10.2. The second-order valence-electron chi connectivity index (χ2n) is 3.91. The molecule has 0 saturated heterocycles. The number of para-hydroxylation sites is 1. The van der Waals surface area contributed by atoms with Gasteiger partial charge in [-0.2, -0.15) is 0 Å². The first-order chi connectivity index (χ1) is 7.74. The molecule has 1 aromatic heterocycles. The second-order valence-corrected chi connectivity index (χ2v) is 4.30. The van der Waals surface area contributed by atoms with E-state index in [4.69, 9.17) is 12.2 Å². The number of fused-ring (bicyclic) bond motifs is 1. The van der Waals surface area contributed by atoms with Gasteiger partial charge in [-0.05, 0) is 44.1 Å². The number of nitrogens with one attached hydrogen (secondary N) is 1. The van der Waals surface area contributed by atoms with Gasteiger partial charge < -0.3 is 9.55 Å². The molecule has 0 atom stereocenters. The largest absolute Gasteiger partial charge is 0.330 e. The third kappa shape index (κ3) is 1.95. The van der Waals surface area contributed by atoms with Crippen molar-refractivity contribution in [3.05, 3.63) is 40.7 Å².